The molecule has 88 valence electrons. The van der Waals surface area contributed by atoms with Gasteiger partial charge in [-0.05, 0) is 38.7 Å². The Morgan fingerprint density at radius 1 is 1.50 bits per heavy atom. The van der Waals surface area contributed by atoms with Crippen LogP contribution >= 0.6 is 0 Å². The minimum atomic E-state index is 0.171. The lowest BCUT2D eigenvalue weighted by Crippen LogP contribution is -2.25. The molecule has 1 aliphatic rings. The zero-order valence-electron chi connectivity index (χ0n) is 10.2. The molecular weight excluding hydrogens is 202 g/mol. The fourth-order valence-corrected chi connectivity index (χ4v) is 1.95. The Bertz CT molecular complexity index is 405. The van der Waals surface area contributed by atoms with Crippen LogP contribution in [0.2, 0.25) is 0 Å². The average molecular weight is 221 g/mol. The van der Waals surface area contributed by atoms with E-state index in [1.54, 1.807) is 0 Å². The molecule has 0 radical (unpaired) electrons. The fourth-order valence-electron chi connectivity index (χ4n) is 1.95. The summed E-state index contributed by atoms with van der Waals surface area (Å²) < 4.78 is 1.88. The van der Waals surface area contributed by atoms with Crippen molar-refractivity contribution in [2.24, 2.45) is 7.05 Å². The van der Waals surface area contributed by atoms with Gasteiger partial charge < -0.3 is 5.32 Å². The Morgan fingerprint density at radius 3 is 2.69 bits per heavy atom. The molecule has 1 saturated carbocycles. The quantitative estimate of drug-likeness (QED) is 0.831. The van der Waals surface area contributed by atoms with Crippen molar-refractivity contribution in [3.63, 3.8) is 0 Å². The molecule has 0 spiro atoms. The maximum absolute atomic E-state index is 11.6. The molecule has 16 heavy (non-hydrogen) atoms. The third kappa shape index (κ3) is 2.43. The molecule has 1 aromatic rings. The van der Waals surface area contributed by atoms with E-state index in [0.29, 0.717) is 12.5 Å². The molecule has 1 N–H and O–H groups in total. The lowest BCUT2D eigenvalue weighted by Gasteiger charge is -2.03. The highest BCUT2D eigenvalue weighted by Crippen LogP contribution is 2.19. The molecule has 0 atom stereocenters. The van der Waals surface area contributed by atoms with Crippen molar-refractivity contribution in [1.29, 1.82) is 0 Å². The van der Waals surface area contributed by atoms with Crippen LogP contribution in [0.15, 0.2) is 0 Å². The number of hydrogen-bond acceptors (Lipinski definition) is 2. The summed E-state index contributed by atoms with van der Waals surface area (Å²) in [6.07, 6.45) is 3.67. The number of hydrogen-bond donors (Lipinski definition) is 1. The van der Waals surface area contributed by atoms with Crippen LogP contribution in [-0.4, -0.2) is 21.7 Å². The van der Waals surface area contributed by atoms with E-state index in [9.17, 15) is 4.79 Å². The van der Waals surface area contributed by atoms with Gasteiger partial charge in [-0.25, -0.2) is 0 Å². The van der Waals surface area contributed by atoms with Crippen molar-refractivity contribution in [1.82, 2.24) is 15.1 Å². The van der Waals surface area contributed by atoms with Gasteiger partial charge >= 0.3 is 0 Å². The molecule has 1 heterocycles. The van der Waals surface area contributed by atoms with Crippen LogP contribution in [0.25, 0.3) is 0 Å². The first kappa shape index (κ1) is 11.2. The van der Waals surface area contributed by atoms with Crippen molar-refractivity contribution in [2.45, 2.75) is 45.6 Å². The van der Waals surface area contributed by atoms with E-state index in [-0.39, 0.29) is 5.91 Å². The molecule has 2 rings (SSSR count). The highest BCUT2D eigenvalue weighted by Gasteiger charge is 2.23. The molecule has 1 aromatic heterocycles. The first-order valence-corrected chi connectivity index (χ1v) is 5.86. The van der Waals surface area contributed by atoms with E-state index in [1.807, 2.05) is 25.6 Å². The van der Waals surface area contributed by atoms with E-state index < -0.39 is 0 Å². The number of nitrogens with zero attached hydrogens (tertiary/aromatic N) is 2. The van der Waals surface area contributed by atoms with Gasteiger partial charge in [0.05, 0.1) is 5.69 Å². The minimum Gasteiger partial charge on any atom is -0.353 e. The van der Waals surface area contributed by atoms with Crippen LogP contribution in [0, 0.1) is 13.8 Å². The van der Waals surface area contributed by atoms with Gasteiger partial charge in [0.25, 0.3) is 0 Å². The Hall–Kier alpha value is -1.32. The topological polar surface area (TPSA) is 46.9 Å². The number of amides is 1. The summed E-state index contributed by atoms with van der Waals surface area (Å²) in [5.74, 6) is 0.171. The standard InChI is InChI=1S/C12H19N3O/c1-8-11(9(2)15(3)14-8)6-7-12(16)13-10-4-5-10/h10H,4-7H2,1-3H3,(H,13,16). The Labute approximate surface area is 96.0 Å². The number of aromatic nitrogens is 2. The maximum atomic E-state index is 11.6. The van der Waals surface area contributed by atoms with Gasteiger partial charge in [-0.15, -0.1) is 0 Å². The normalized spacial score (nSPS) is 15.2. The second kappa shape index (κ2) is 4.28. The Morgan fingerprint density at radius 2 is 2.19 bits per heavy atom. The van der Waals surface area contributed by atoms with Gasteiger partial charge in [0.1, 0.15) is 0 Å². The zero-order valence-corrected chi connectivity index (χ0v) is 10.2. The second-order valence-corrected chi connectivity index (χ2v) is 4.61. The van der Waals surface area contributed by atoms with Crippen LogP contribution < -0.4 is 5.32 Å². The van der Waals surface area contributed by atoms with Crippen LogP contribution in [0.5, 0.6) is 0 Å². The Balaban J connectivity index is 1.90. The van der Waals surface area contributed by atoms with E-state index in [2.05, 4.69) is 10.4 Å². The third-order valence-electron chi connectivity index (χ3n) is 3.20. The summed E-state index contributed by atoms with van der Waals surface area (Å²) in [6.45, 7) is 4.05. The molecule has 1 fully saturated rings. The number of carbonyl (C=O) groups excluding carboxylic acids is 1. The Kier molecular flexibility index (Phi) is 2.99. The molecule has 1 aliphatic carbocycles. The van der Waals surface area contributed by atoms with Gasteiger partial charge in [-0.3, -0.25) is 9.48 Å². The smallest absolute Gasteiger partial charge is 0.220 e. The lowest BCUT2D eigenvalue weighted by molar-refractivity contribution is -0.121. The lowest BCUT2D eigenvalue weighted by atomic mass is 10.1. The van der Waals surface area contributed by atoms with Crippen molar-refractivity contribution >= 4 is 5.91 Å². The summed E-state index contributed by atoms with van der Waals surface area (Å²) in [6, 6.07) is 0.462. The first-order chi connectivity index (χ1) is 7.58. The van der Waals surface area contributed by atoms with Crippen molar-refractivity contribution < 1.29 is 4.79 Å². The first-order valence-electron chi connectivity index (χ1n) is 5.86. The SMILES string of the molecule is Cc1nn(C)c(C)c1CCC(=O)NC1CC1. The van der Waals surface area contributed by atoms with Crippen LogP contribution in [0.4, 0.5) is 0 Å². The van der Waals surface area contributed by atoms with Crippen molar-refractivity contribution in [3.8, 4) is 0 Å². The third-order valence-corrected chi connectivity index (χ3v) is 3.20. The van der Waals surface area contributed by atoms with Gasteiger partial charge in [0, 0.05) is 25.2 Å². The molecule has 0 aromatic carbocycles. The second-order valence-electron chi connectivity index (χ2n) is 4.61. The summed E-state index contributed by atoms with van der Waals surface area (Å²) in [7, 11) is 1.94. The monoisotopic (exact) mass is 221 g/mol. The van der Waals surface area contributed by atoms with Gasteiger partial charge in [-0.2, -0.15) is 5.10 Å². The number of carbonyl (C=O) groups is 1. The van der Waals surface area contributed by atoms with Crippen LogP contribution in [-0.2, 0) is 18.3 Å². The van der Waals surface area contributed by atoms with Crippen LogP contribution in [0.1, 0.15) is 36.2 Å². The van der Waals surface area contributed by atoms with Gasteiger partial charge in [-0.1, -0.05) is 0 Å². The summed E-state index contributed by atoms with van der Waals surface area (Å²) in [4.78, 5) is 11.6. The van der Waals surface area contributed by atoms with E-state index in [1.165, 1.54) is 5.56 Å². The summed E-state index contributed by atoms with van der Waals surface area (Å²) in [5.41, 5.74) is 3.42. The predicted octanol–water partition coefficient (Wildman–Crippen LogP) is 1.25. The number of nitrogens with one attached hydrogen (secondary N) is 1. The molecule has 4 heteroatoms. The maximum Gasteiger partial charge on any atom is 0.220 e. The molecule has 0 saturated heterocycles. The molecule has 1 amide bonds. The fraction of sp³-hybridized carbons (Fsp3) is 0.667. The van der Waals surface area contributed by atoms with Crippen molar-refractivity contribution in [3.05, 3.63) is 17.0 Å². The molecular formula is C12H19N3O. The largest absolute Gasteiger partial charge is 0.353 e. The summed E-state index contributed by atoms with van der Waals surface area (Å²) in [5, 5.41) is 7.35. The molecule has 0 bridgehead atoms. The van der Waals surface area contributed by atoms with Gasteiger partial charge in [0.2, 0.25) is 5.91 Å². The average Bonchev–Trinajstić information content (AvgIpc) is 2.97. The highest BCUT2D eigenvalue weighted by molar-refractivity contribution is 5.76. The molecule has 0 aliphatic heterocycles. The van der Waals surface area contributed by atoms with E-state index >= 15 is 0 Å². The zero-order chi connectivity index (χ0) is 11.7. The van der Waals surface area contributed by atoms with Crippen LogP contribution in [0.3, 0.4) is 0 Å². The van der Waals surface area contributed by atoms with E-state index in [0.717, 1.165) is 30.7 Å². The molecule has 4 nitrogen and oxygen atoms in total. The number of aryl methyl sites for hydroxylation is 2. The minimum absolute atomic E-state index is 0.171. The highest BCUT2D eigenvalue weighted by atomic mass is 16.1. The summed E-state index contributed by atoms with van der Waals surface area (Å²) >= 11 is 0. The van der Waals surface area contributed by atoms with Crippen molar-refractivity contribution in [2.75, 3.05) is 0 Å². The van der Waals surface area contributed by atoms with E-state index in [4.69, 9.17) is 0 Å². The predicted molar refractivity (Wildman–Crippen MR) is 62.2 cm³/mol. The number of rotatable bonds is 4. The molecule has 0 unspecified atom stereocenters. The van der Waals surface area contributed by atoms with Gasteiger partial charge in [0.15, 0.2) is 0 Å².